The second-order valence-electron chi connectivity index (χ2n) is 7.21. The van der Waals surface area contributed by atoms with Crippen molar-refractivity contribution in [2.75, 3.05) is 13.1 Å². The minimum absolute atomic E-state index is 0.0613. The van der Waals surface area contributed by atoms with Crippen molar-refractivity contribution in [3.8, 4) is 17.2 Å². The number of halogens is 4. The van der Waals surface area contributed by atoms with Gasteiger partial charge in [0.1, 0.15) is 5.75 Å². The third kappa shape index (κ3) is 4.20. The van der Waals surface area contributed by atoms with E-state index in [9.17, 15) is 21.6 Å². The van der Waals surface area contributed by atoms with Crippen molar-refractivity contribution < 1.29 is 30.8 Å². The number of ether oxygens (including phenoxy) is 1. The first-order valence-corrected chi connectivity index (χ1v) is 10.5. The predicted molar refractivity (Wildman–Crippen MR) is 95.1 cm³/mol. The fraction of sp³-hybridized carbons (Fsp3) is 0.500. The summed E-state index contributed by atoms with van der Waals surface area (Å²) in [5.74, 6) is -0.328. The van der Waals surface area contributed by atoms with Crippen LogP contribution in [0.4, 0.5) is 13.2 Å². The predicted octanol–water partition coefficient (Wildman–Crippen LogP) is 3.06. The molecule has 2 N–H and O–H groups in total. The van der Waals surface area contributed by atoms with Gasteiger partial charge >= 0.3 is 6.36 Å². The van der Waals surface area contributed by atoms with Crippen LogP contribution in [0.1, 0.15) is 31.0 Å². The number of benzene rings is 1. The lowest BCUT2D eigenvalue weighted by molar-refractivity contribution is -0.274. The van der Waals surface area contributed by atoms with E-state index in [1.807, 2.05) is 0 Å². The minimum atomic E-state index is -4.89. The van der Waals surface area contributed by atoms with Gasteiger partial charge in [-0.05, 0) is 42.9 Å². The van der Waals surface area contributed by atoms with Crippen LogP contribution in [0.5, 0.6) is 5.75 Å². The molecule has 1 aromatic heterocycles. The first kappa shape index (κ1) is 20.4. The highest BCUT2D eigenvalue weighted by atomic mass is 35.5. The number of nitrogens with two attached hydrogens (primary N) is 1. The van der Waals surface area contributed by atoms with Crippen LogP contribution in [-0.2, 0) is 10.2 Å². The van der Waals surface area contributed by atoms with E-state index in [2.05, 4.69) is 14.9 Å². The summed E-state index contributed by atoms with van der Waals surface area (Å²) in [7, 11) is -3.72. The Morgan fingerprint density at radius 3 is 2.62 bits per heavy atom. The zero-order valence-electron chi connectivity index (χ0n) is 14.8. The molecule has 1 saturated carbocycles. The van der Waals surface area contributed by atoms with Crippen molar-refractivity contribution in [1.82, 2.24) is 14.4 Å². The second-order valence-corrected chi connectivity index (χ2v) is 9.19. The maximum Gasteiger partial charge on any atom is 0.573 e. The zero-order valence-corrected chi connectivity index (χ0v) is 16.4. The first-order valence-electron chi connectivity index (χ1n) is 8.64. The molecule has 4 rings (SSSR count). The summed E-state index contributed by atoms with van der Waals surface area (Å²) in [5.41, 5.74) is -0.213. The molecule has 0 radical (unpaired) electrons. The average molecular weight is 453 g/mol. The SMILES string of the molecule is NS(=O)(=O)N1CCC2(CC1)C[C@H]2c1noc(-c2cc(Cl)ccc2OC(F)(F)F)n1. The molecule has 1 aliphatic carbocycles. The van der Waals surface area contributed by atoms with Crippen LogP contribution in [0.15, 0.2) is 22.7 Å². The highest BCUT2D eigenvalue weighted by Gasteiger charge is 2.58. The number of hydrogen-bond donors (Lipinski definition) is 1. The van der Waals surface area contributed by atoms with Crippen molar-refractivity contribution in [3.63, 3.8) is 0 Å². The zero-order chi connectivity index (χ0) is 21.0. The van der Waals surface area contributed by atoms with E-state index in [4.69, 9.17) is 21.3 Å². The van der Waals surface area contributed by atoms with Crippen LogP contribution in [0.25, 0.3) is 11.5 Å². The summed E-state index contributed by atoms with van der Waals surface area (Å²) in [4.78, 5) is 4.25. The third-order valence-corrected chi connectivity index (χ3v) is 6.74. The largest absolute Gasteiger partial charge is 0.573 e. The molecule has 1 saturated heterocycles. The maximum atomic E-state index is 12.7. The molecule has 13 heteroatoms. The number of hydrogen-bond acceptors (Lipinski definition) is 6. The molecule has 2 heterocycles. The summed E-state index contributed by atoms with van der Waals surface area (Å²) < 4.78 is 71.3. The Labute approximate surface area is 168 Å². The van der Waals surface area contributed by atoms with E-state index in [1.54, 1.807) is 0 Å². The molecular formula is C16H16ClF3N4O4S. The standard InChI is InChI=1S/C16H16ClF3N4O4S/c17-9-1-2-12(27-16(18,19)20)10(7-9)14-22-13(23-28-14)11-8-15(11)3-5-24(6-4-15)29(21,25)26/h1-2,7,11H,3-6,8H2,(H2,21,25,26)/t11-/m0/s1. The lowest BCUT2D eigenvalue weighted by Gasteiger charge is -2.30. The molecule has 0 bridgehead atoms. The second kappa shape index (κ2) is 6.83. The molecule has 158 valence electrons. The van der Waals surface area contributed by atoms with Gasteiger partial charge in [0.05, 0.1) is 5.56 Å². The van der Waals surface area contributed by atoms with Gasteiger partial charge in [0.15, 0.2) is 5.82 Å². The molecule has 0 unspecified atom stereocenters. The van der Waals surface area contributed by atoms with Crippen LogP contribution >= 0.6 is 11.6 Å². The van der Waals surface area contributed by atoms with Crippen molar-refractivity contribution in [3.05, 3.63) is 29.0 Å². The summed E-state index contributed by atoms with van der Waals surface area (Å²) in [6.07, 6.45) is -2.95. The van der Waals surface area contributed by atoms with E-state index < -0.39 is 22.3 Å². The average Bonchev–Trinajstić information content (AvgIpc) is 3.08. The molecule has 29 heavy (non-hydrogen) atoms. The van der Waals surface area contributed by atoms with E-state index in [1.165, 1.54) is 16.4 Å². The number of rotatable bonds is 4. The van der Waals surface area contributed by atoms with Crippen molar-refractivity contribution in [2.45, 2.75) is 31.5 Å². The summed E-state index contributed by atoms with van der Waals surface area (Å²) in [5, 5.41) is 9.26. The summed E-state index contributed by atoms with van der Waals surface area (Å²) in [6, 6.07) is 3.60. The molecule has 2 aliphatic rings. The number of aromatic nitrogens is 2. The highest BCUT2D eigenvalue weighted by Crippen LogP contribution is 2.64. The Morgan fingerprint density at radius 2 is 2.00 bits per heavy atom. The van der Waals surface area contributed by atoms with Gasteiger partial charge in [-0.25, -0.2) is 5.14 Å². The molecule has 1 aromatic carbocycles. The van der Waals surface area contributed by atoms with Gasteiger partial charge in [0.2, 0.25) is 0 Å². The van der Waals surface area contributed by atoms with Crippen LogP contribution < -0.4 is 9.88 Å². The molecular weight excluding hydrogens is 437 g/mol. The lowest BCUT2D eigenvalue weighted by Crippen LogP contribution is -2.43. The molecule has 1 atom stereocenters. The van der Waals surface area contributed by atoms with E-state index >= 15 is 0 Å². The van der Waals surface area contributed by atoms with Gasteiger partial charge in [-0.3, -0.25) is 0 Å². The van der Waals surface area contributed by atoms with Crippen LogP contribution in [0.2, 0.25) is 5.02 Å². The number of nitrogens with zero attached hydrogens (tertiary/aromatic N) is 3. The lowest BCUT2D eigenvalue weighted by atomic mass is 9.92. The van der Waals surface area contributed by atoms with Gasteiger partial charge in [0.25, 0.3) is 16.1 Å². The van der Waals surface area contributed by atoms with Gasteiger partial charge in [0, 0.05) is 24.0 Å². The fourth-order valence-corrected chi connectivity index (χ4v) is 4.68. The number of piperidine rings is 1. The molecule has 2 aromatic rings. The third-order valence-electron chi connectivity index (χ3n) is 5.42. The first-order chi connectivity index (χ1) is 13.5. The van der Waals surface area contributed by atoms with E-state index in [-0.39, 0.29) is 27.8 Å². The van der Waals surface area contributed by atoms with E-state index in [0.717, 1.165) is 12.5 Å². The Morgan fingerprint density at radius 1 is 1.31 bits per heavy atom. The highest BCUT2D eigenvalue weighted by molar-refractivity contribution is 7.86. The molecule has 8 nitrogen and oxygen atoms in total. The molecule has 1 aliphatic heterocycles. The maximum absolute atomic E-state index is 12.7. The van der Waals surface area contributed by atoms with E-state index in [0.29, 0.717) is 31.8 Å². The van der Waals surface area contributed by atoms with Crippen molar-refractivity contribution in [2.24, 2.45) is 10.6 Å². The van der Waals surface area contributed by atoms with Crippen molar-refractivity contribution in [1.29, 1.82) is 0 Å². The summed E-state index contributed by atoms with van der Waals surface area (Å²) >= 11 is 5.90. The Kier molecular flexibility index (Phi) is 4.80. The summed E-state index contributed by atoms with van der Waals surface area (Å²) in [6.45, 7) is 0.607. The van der Waals surface area contributed by atoms with Gasteiger partial charge in [-0.1, -0.05) is 16.8 Å². The Hall–Kier alpha value is -1.89. The molecule has 2 fully saturated rings. The monoisotopic (exact) mass is 452 g/mol. The van der Waals surface area contributed by atoms with Crippen molar-refractivity contribution >= 4 is 21.8 Å². The Bertz CT molecular complexity index is 1040. The minimum Gasteiger partial charge on any atom is -0.405 e. The quantitative estimate of drug-likeness (QED) is 0.763. The van der Waals surface area contributed by atoms with Crippen LogP contribution in [0, 0.1) is 5.41 Å². The molecule has 1 spiro atoms. The number of alkyl halides is 3. The smallest absolute Gasteiger partial charge is 0.405 e. The molecule has 0 amide bonds. The Balaban J connectivity index is 1.53. The van der Waals surface area contributed by atoms with Gasteiger partial charge in [-0.15, -0.1) is 13.2 Å². The topological polar surface area (TPSA) is 112 Å². The fourth-order valence-electron chi connectivity index (χ4n) is 3.82. The normalized spacial score (nSPS) is 22.0. The van der Waals surface area contributed by atoms with Crippen LogP contribution in [-0.4, -0.2) is 42.3 Å². The van der Waals surface area contributed by atoms with Crippen LogP contribution in [0.3, 0.4) is 0 Å². The van der Waals surface area contributed by atoms with Gasteiger partial charge in [-0.2, -0.15) is 17.7 Å². The van der Waals surface area contributed by atoms with Gasteiger partial charge < -0.3 is 9.26 Å².